The van der Waals surface area contributed by atoms with Gasteiger partial charge >= 0.3 is 12.1 Å². The maximum atomic E-state index is 12.8. The van der Waals surface area contributed by atoms with Gasteiger partial charge in [-0.05, 0) is 58.2 Å². The zero-order chi connectivity index (χ0) is 20.7. The maximum Gasteiger partial charge on any atom is 0.416 e. The number of halogens is 3. The number of alkyl halides is 3. The van der Waals surface area contributed by atoms with E-state index < -0.39 is 23.3 Å². The Hall–Kier alpha value is -2.08. The third-order valence-electron chi connectivity index (χ3n) is 4.14. The molecule has 0 fully saturated rings. The summed E-state index contributed by atoms with van der Waals surface area (Å²) in [6, 6.07) is 3.94. The summed E-state index contributed by atoms with van der Waals surface area (Å²) in [6.07, 6.45) is 0.859. The Morgan fingerprint density at radius 3 is 2.11 bits per heavy atom. The van der Waals surface area contributed by atoms with Crippen molar-refractivity contribution in [1.82, 2.24) is 0 Å². The first-order valence-corrected chi connectivity index (χ1v) is 8.87. The number of esters is 1. The lowest BCUT2D eigenvalue weighted by Crippen LogP contribution is -2.37. The third kappa shape index (κ3) is 6.86. The minimum Gasteiger partial charge on any atom is -0.464 e. The van der Waals surface area contributed by atoms with Gasteiger partial charge in [-0.1, -0.05) is 35.4 Å². The zero-order valence-corrected chi connectivity index (χ0v) is 16.2. The lowest BCUT2D eigenvalue weighted by molar-refractivity contribution is -0.166. The van der Waals surface area contributed by atoms with Crippen LogP contribution in [0.3, 0.4) is 0 Å². The fourth-order valence-electron chi connectivity index (χ4n) is 2.52. The molecule has 1 unspecified atom stereocenters. The summed E-state index contributed by atoms with van der Waals surface area (Å²) in [5.74, 6) is -0.877. The average Bonchev–Trinajstić information content (AvgIpc) is 2.59. The number of hydrogen-bond acceptors (Lipinski definition) is 3. The number of hydrogen-bond donors (Lipinski definition) is 1. The van der Waals surface area contributed by atoms with Crippen molar-refractivity contribution in [2.75, 3.05) is 6.61 Å². The van der Waals surface area contributed by atoms with Crippen molar-refractivity contribution in [2.45, 2.75) is 58.7 Å². The van der Waals surface area contributed by atoms with Crippen LogP contribution in [0.5, 0.6) is 0 Å². The molecule has 150 valence electrons. The van der Waals surface area contributed by atoms with Crippen molar-refractivity contribution in [3.63, 3.8) is 0 Å². The van der Waals surface area contributed by atoms with Gasteiger partial charge in [-0.3, -0.25) is 0 Å². The van der Waals surface area contributed by atoms with Crippen molar-refractivity contribution in [2.24, 2.45) is 0 Å². The summed E-state index contributed by atoms with van der Waals surface area (Å²) in [5.41, 5.74) is -0.622. The van der Waals surface area contributed by atoms with E-state index in [0.29, 0.717) is 0 Å². The molecule has 0 saturated carbocycles. The van der Waals surface area contributed by atoms with E-state index in [2.05, 4.69) is 6.08 Å². The summed E-state index contributed by atoms with van der Waals surface area (Å²) in [7, 11) is 0. The number of carbonyl (C=O) groups is 1. The second-order valence-electron chi connectivity index (χ2n) is 6.73. The first-order valence-electron chi connectivity index (χ1n) is 8.87. The van der Waals surface area contributed by atoms with Crippen LogP contribution < -0.4 is 0 Å². The van der Waals surface area contributed by atoms with E-state index in [1.165, 1.54) is 5.57 Å². The van der Waals surface area contributed by atoms with Gasteiger partial charge in [0.15, 0.2) is 5.60 Å². The molecular weight excluding hydrogens is 357 g/mol. The highest BCUT2D eigenvalue weighted by Crippen LogP contribution is 2.33. The van der Waals surface area contributed by atoms with Gasteiger partial charge in [0.25, 0.3) is 0 Å². The minimum atomic E-state index is -4.48. The standard InChI is InChI=1S/C21H27F3O3/c1-5-27-19(25)20(26,14-13-16(4)8-6-7-15(2)3)17-9-11-18(12-10-17)21(22,23)24/h7,9-13,26H,5-6,8,14H2,1-4H3/b16-13+. The van der Waals surface area contributed by atoms with E-state index >= 15 is 0 Å². The van der Waals surface area contributed by atoms with Crippen LogP contribution in [0.25, 0.3) is 0 Å². The molecule has 1 atom stereocenters. The van der Waals surface area contributed by atoms with Gasteiger partial charge in [-0.25, -0.2) is 4.79 Å². The second-order valence-corrected chi connectivity index (χ2v) is 6.73. The molecule has 0 amide bonds. The lowest BCUT2D eigenvalue weighted by atomic mass is 9.88. The quantitative estimate of drug-likeness (QED) is 0.473. The third-order valence-corrected chi connectivity index (χ3v) is 4.14. The summed E-state index contributed by atoms with van der Waals surface area (Å²) in [5, 5.41) is 10.9. The van der Waals surface area contributed by atoms with E-state index in [1.54, 1.807) is 13.0 Å². The van der Waals surface area contributed by atoms with Crippen LogP contribution in [0.4, 0.5) is 13.2 Å². The van der Waals surface area contributed by atoms with Gasteiger partial charge in [0, 0.05) is 6.42 Å². The molecule has 0 bridgehead atoms. The van der Waals surface area contributed by atoms with E-state index in [4.69, 9.17) is 4.74 Å². The van der Waals surface area contributed by atoms with Crippen molar-refractivity contribution >= 4 is 5.97 Å². The van der Waals surface area contributed by atoms with Crippen LogP contribution in [-0.2, 0) is 21.3 Å². The van der Waals surface area contributed by atoms with Crippen molar-refractivity contribution < 1.29 is 27.8 Å². The average molecular weight is 384 g/mol. The van der Waals surface area contributed by atoms with Crippen molar-refractivity contribution in [3.05, 3.63) is 58.7 Å². The molecule has 0 saturated heterocycles. The van der Waals surface area contributed by atoms with Gasteiger partial charge in [0.05, 0.1) is 12.2 Å². The Bertz CT molecular complexity index is 684. The number of rotatable bonds is 8. The number of aliphatic hydroxyl groups is 1. The monoisotopic (exact) mass is 384 g/mol. The zero-order valence-electron chi connectivity index (χ0n) is 16.2. The predicted octanol–water partition coefficient (Wildman–Crippen LogP) is 5.54. The van der Waals surface area contributed by atoms with Gasteiger partial charge in [0.1, 0.15) is 0 Å². The summed E-state index contributed by atoms with van der Waals surface area (Å²) in [4.78, 5) is 12.3. The predicted molar refractivity (Wildman–Crippen MR) is 99.0 cm³/mol. The van der Waals surface area contributed by atoms with Crippen LogP contribution in [0.15, 0.2) is 47.6 Å². The van der Waals surface area contributed by atoms with Gasteiger partial charge in [0.2, 0.25) is 0 Å². The largest absolute Gasteiger partial charge is 0.464 e. The minimum absolute atomic E-state index is 0.0606. The molecule has 0 spiro atoms. The topological polar surface area (TPSA) is 46.5 Å². The highest BCUT2D eigenvalue weighted by atomic mass is 19.4. The second kappa shape index (κ2) is 9.74. The van der Waals surface area contributed by atoms with Crippen LogP contribution in [0.2, 0.25) is 0 Å². The van der Waals surface area contributed by atoms with Crippen LogP contribution in [-0.4, -0.2) is 17.7 Å². The molecule has 27 heavy (non-hydrogen) atoms. The molecule has 1 aromatic rings. The number of benzene rings is 1. The molecule has 0 radical (unpaired) electrons. The van der Waals surface area contributed by atoms with Crippen LogP contribution in [0.1, 0.15) is 58.1 Å². The summed E-state index contributed by atoms with van der Waals surface area (Å²) >= 11 is 0. The van der Waals surface area contributed by atoms with Gasteiger partial charge in [-0.15, -0.1) is 0 Å². The maximum absolute atomic E-state index is 12.8. The number of carbonyl (C=O) groups excluding carboxylic acids is 1. The van der Waals surface area contributed by atoms with Crippen molar-refractivity contribution in [1.29, 1.82) is 0 Å². The van der Waals surface area contributed by atoms with Gasteiger partial charge < -0.3 is 9.84 Å². The molecule has 0 aliphatic carbocycles. The van der Waals surface area contributed by atoms with E-state index in [0.717, 1.165) is 42.7 Å². The molecule has 1 aromatic carbocycles. The fraction of sp³-hybridized carbons (Fsp3) is 0.476. The Balaban J connectivity index is 3.08. The van der Waals surface area contributed by atoms with Crippen molar-refractivity contribution in [3.8, 4) is 0 Å². The van der Waals surface area contributed by atoms with E-state index in [-0.39, 0.29) is 18.6 Å². The SMILES string of the molecule is CCOC(=O)C(O)(C/C=C(\C)CCC=C(C)C)c1ccc(C(F)(F)F)cc1. The lowest BCUT2D eigenvalue weighted by Gasteiger charge is -2.26. The molecular formula is C21H27F3O3. The first-order chi connectivity index (χ1) is 12.5. The molecule has 1 N–H and O–H groups in total. The Kier molecular flexibility index (Phi) is 8.28. The van der Waals surface area contributed by atoms with Gasteiger partial charge in [-0.2, -0.15) is 13.2 Å². The smallest absolute Gasteiger partial charge is 0.416 e. The van der Waals surface area contributed by atoms with E-state index in [1.807, 2.05) is 20.8 Å². The molecule has 1 rings (SSSR count). The summed E-state index contributed by atoms with van der Waals surface area (Å²) < 4.78 is 43.2. The molecule has 3 nitrogen and oxygen atoms in total. The van der Waals surface area contributed by atoms with E-state index in [9.17, 15) is 23.1 Å². The van der Waals surface area contributed by atoms with Crippen LogP contribution >= 0.6 is 0 Å². The molecule has 6 heteroatoms. The highest BCUT2D eigenvalue weighted by molar-refractivity contribution is 5.81. The Morgan fingerprint density at radius 1 is 1.07 bits per heavy atom. The Morgan fingerprint density at radius 2 is 1.63 bits per heavy atom. The number of ether oxygens (including phenoxy) is 1. The van der Waals surface area contributed by atoms with Crippen LogP contribution in [0, 0.1) is 0 Å². The first kappa shape index (κ1) is 23.0. The molecule has 0 aliphatic rings. The summed E-state index contributed by atoms with van der Waals surface area (Å²) in [6.45, 7) is 7.56. The molecule has 0 aromatic heterocycles. The molecule has 0 aliphatic heterocycles. The number of allylic oxidation sites excluding steroid dienone is 3. The highest BCUT2D eigenvalue weighted by Gasteiger charge is 2.39. The Labute approximate surface area is 158 Å². The normalized spacial score (nSPS) is 14.4. The fourth-order valence-corrected chi connectivity index (χ4v) is 2.52. The molecule has 0 heterocycles.